The van der Waals surface area contributed by atoms with Crippen LogP contribution in [-0.2, 0) is 4.79 Å². The maximum atomic E-state index is 10.7. The minimum Gasteiger partial charge on any atom is -0.304 e. The van der Waals surface area contributed by atoms with Gasteiger partial charge in [-0.05, 0) is 19.0 Å². The Kier molecular flexibility index (Phi) is 4.29. The average Bonchev–Trinajstić information content (AvgIpc) is 2.57. The smallest absolute Gasteiger partial charge is 0.149 e. The summed E-state index contributed by atoms with van der Waals surface area (Å²) in [6.07, 6.45) is 9.96. The molecule has 1 saturated heterocycles. The Morgan fingerprint density at radius 2 is 1.94 bits per heavy atom. The molecule has 0 saturated carbocycles. The first-order valence-electron chi connectivity index (χ1n) is 6.21. The second-order valence-corrected chi connectivity index (χ2v) is 4.75. The van der Waals surface area contributed by atoms with Crippen LogP contribution in [0.15, 0.2) is 35.5 Å². The van der Waals surface area contributed by atoms with Crippen molar-refractivity contribution in [2.75, 3.05) is 39.8 Å². The predicted molar refractivity (Wildman–Crippen MR) is 69.9 cm³/mol. The molecule has 2 rings (SSSR count). The van der Waals surface area contributed by atoms with E-state index in [4.69, 9.17) is 0 Å². The van der Waals surface area contributed by atoms with Gasteiger partial charge < -0.3 is 4.90 Å². The first kappa shape index (κ1) is 12.3. The summed E-state index contributed by atoms with van der Waals surface area (Å²) in [4.78, 5) is 15.5. The van der Waals surface area contributed by atoms with E-state index in [1.54, 1.807) is 0 Å². The van der Waals surface area contributed by atoms with E-state index >= 15 is 0 Å². The molecule has 0 radical (unpaired) electrons. The molecule has 1 aliphatic heterocycles. The van der Waals surface area contributed by atoms with E-state index < -0.39 is 0 Å². The number of piperazine rings is 1. The number of nitrogens with zero attached hydrogens (tertiary/aromatic N) is 2. The van der Waals surface area contributed by atoms with Crippen LogP contribution in [0, 0.1) is 0 Å². The molecule has 0 unspecified atom stereocenters. The van der Waals surface area contributed by atoms with Crippen LogP contribution in [0.25, 0.3) is 0 Å². The van der Waals surface area contributed by atoms with Gasteiger partial charge >= 0.3 is 0 Å². The quantitative estimate of drug-likeness (QED) is 0.684. The molecule has 17 heavy (non-hydrogen) atoms. The summed E-state index contributed by atoms with van der Waals surface area (Å²) in [5, 5.41) is 0. The summed E-state index contributed by atoms with van der Waals surface area (Å²) >= 11 is 0. The van der Waals surface area contributed by atoms with Crippen molar-refractivity contribution >= 4 is 6.29 Å². The van der Waals surface area contributed by atoms with Gasteiger partial charge in [0.25, 0.3) is 0 Å². The second kappa shape index (κ2) is 5.94. The monoisotopic (exact) mass is 232 g/mol. The minimum absolute atomic E-state index is 0.787. The Morgan fingerprint density at radius 1 is 1.18 bits per heavy atom. The number of hydrogen-bond acceptors (Lipinski definition) is 3. The Hall–Kier alpha value is -1.19. The number of likely N-dealkylation sites (N-methyl/N-ethyl adjacent to an activating group) is 1. The average molecular weight is 232 g/mol. The van der Waals surface area contributed by atoms with E-state index in [9.17, 15) is 4.79 Å². The van der Waals surface area contributed by atoms with Crippen molar-refractivity contribution in [3.63, 3.8) is 0 Å². The lowest BCUT2D eigenvalue weighted by Gasteiger charge is -2.32. The molecule has 0 amide bonds. The summed E-state index contributed by atoms with van der Waals surface area (Å²) in [5.74, 6) is 0. The van der Waals surface area contributed by atoms with Crippen LogP contribution in [0.2, 0.25) is 0 Å². The summed E-state index contributed by atoms with van der Waals surface area (Å²) in [6, 6.07) is 0. The Balaban J connectivity index is 1.88. The van der Waals surface area contributed by atoms with E-state index in [1.807, 2.05) is 12.2 Å². The predicted octanol–water partition coefficient (Wildman–Crippen LogP) is 1.25. The summed E-state index contributed by atoms with van der Waals surface area (Å²) in [6.45, 7) is 5.57. The van der Waals surface area contributed by atoms with Crippen molar-refractivity contribution in [1.29, 1.82) is 0 Å². The number of carbonyl (C=O) groups is 1. The van der Waals surface area contributed by atoms with Crippen LogP contribution in [0.4, 0.5) is 0 Å². The fourth-order valence-electron chi connectivity index (χ4n) is 2.15. The lowest BCUT2D eigenvalue weighted by Crippen LogP contribution is -2.44. The van der Waals surface area contributed by atoms with Gasteiger partial charge in [0, 0.05) is 38.3 Å². The van der Waals surface area contributed by atoms with Crippen LogP contribution in [-0.4, -0.2) is 55.9 Å². The highest BCUT2D eigenvalue weighted by Gasteiger charge is 2.14. The van der Waals surface area contributed by atoms with Gasteiger partial charge in [0.1, 0.15) is 6.29 Å². The highest BCUT2D eigenvalue weighted by Crippen LogP contribution is 2.11. The zero-order valence-electron chi connectivity index (χ0n) is 10.4. The van der Waals surface area contributed by atoms with Crippen LogP contribution in [0.1, 0.15) is 6.42 Å². The van der Waals surface area contributed by atoms with Gasteiger partial charge in [-0.3, -0.25) is 9.69 Å². The van der Waals surface area contributed by atoms with Crippen molar-refractivity contribution in [2.24, 2.45) is 0 Å². The Morgan fingerprint density at radius 3 is 2.65 bits per heavy atom. The van der Waals surface area contributed by atoms with Crippen molar-refractivity contribution < 1.29 is 4.79 Å². The van der Waals surface area contributed by atoms with Gasteiger partial charge in [-0.25, -0.2) is 0 Å². The lowest BCUT2D eigenvalue weighted by molar-refractivity contribution is -0.104. The molecule has 0 atom stereocenters. The summed E-state index contributed by atoms with van der Waals surface area (Å²) < 4.78 is 0. The molecule has 3 heteroatoms. The van der Waals surface area contributed by atoms with E-state index in [-0.39, 0.29) is 0 Å². The highest BCUT2D eigenvalue weighted by atomic mass is 16.1. The van der Waals surface area contributed by atoms with Gasteiger partial charge in [0.05, 0.1) is 0 Å². The van der Waals surface area contributed by atoms with Crippen LogP contribution in [0.3, 0.4) is 0 Å². The van der Waals surface area contributed by atoms with Gasteiger partial charge in [0.15, 0.2) is 0 Å². The highest BCUT2D eigenvalue weighted by molar-refractivity contribution is 5.77. The van der Waals surface area contributed by atoms with E-state index in [0.29, 0.717) is 0 Å². The van der Waals surface area contributed by atoms with E-state index in [0.717, 1.165) is 51.0 Å². The molecule has 2 aliphatic rings. The summed E-state index contributed by atoms with van der Waals surface area (Å²) in [7, 11) is 2.17. The molecule has 0 aromatic heterocycles. The summed E-state index contributed by atoms with van der Waals surface area (Å²) in [5.41, 5.74) is 2.11. The van der Waals surface area contributed by atoms with E-state index in [1.165, 1.54) is 5.57 Å². The molecule has 3 nitrogen and oxygen atoms in total. The number of carbonyl (C=O) groups excluding carboxylic acids is 1. The largest absolute Gasteiger partial charge is 0.304 e. The van der Waals surface area contributed by atoms with Gasteiger partial charge in [-0.1, -0.05) is 24.3 Å². The fourth-order valence-corrected chi connectivity index (χ4v) is 2.15. The van der Waals surface area contributed by atoms with Gasteiger partial charge in [0.2, 0.25) is 0 Å². The third kappa shape index (κ3) is 3.65. The third-order valence-corrected chi connectivity index (χ3v) is 3.36. The molecular weight excluding hydrogens is 212 g/mol. The molecule has 92 valence electrons. The van der Waals surface area contributed by atoms with Crippen LogP contribution >= 0.6 is 0 Å². The zero-order valence-corrected chi connectivity index (χ0v) is 10.4. The lowest BCUT2D eigenvalue weighted by atomic mass is 10.2. The van der Waals surface area contributed by atoms with E-state index in [2.05, 4.69) is 29.0 Å². The van der Waals surface area contributed by atoms with Crippen LogP contribution in [0.5, 0.6) is 0 Å². The number of aldehydes is 1. The van der Waals surface area contributed by atoms with Gasteiger partial charge in [-0.15, -0.1) is 0 Å². The minimum atomic E-state index is 0.787. The standard InChI is InChI=1S/C14H20N2O/c1-15-7-9-16(10-8-15)11-13-3-2-4-14(12-17)6-5-13/h3-6,12H,2,7-11H2,1H3. The van der Waals surface area contributed by atoms with Crippen molar-refractivity contribution in [3.8, 4) is 0 Å². The molecule has 0 N–H and O–H groups in total. The molecule has 1 heterocycles. The topological polar surface area (TPSA) is 23.6 Å². The first-order valence-corrected chi connectivity index (χ1v) is 6.21. The third-order valence-electron chi connectivity index (χ3n) is 3.36. The van der Waals surface area contributed by atoms with Crippen LogP contribution < -0.4 is 0 Å². The molecule has 0 bridgehead atoms. The fraction of sp³-hybridized carbons (Fsp3) is 0.500. The van der Waals surface area contributed by atoms with Crippen molar-refractivity contribution in [2.45, 2.75) is 6.42 Å². The van der Waals surface area contributed by atoms with Gasteiger partial charge in [-0.2, -0.15) is 0 Å². The molecular formula is C14H20N2O. The maximum absolute atomic E-state index is 10.7. The SMILES string of the molecule is CN1CCN(CC2=CCC=C(C=O)C=C2)CC1. The molecule has 0 aromatic carbocycles. The Labute approximate surface area is 103 Å². The normalized spacial score (nSPS) is 22.9. The maximum Gasteiger partial charge on any atom is 0.149 e. The number of hydrogen-bond donors (Lipinski definition) is 0. The molecule has 1 aliphatic carbocycles. The number of rotatable bonds is 3. The first-order chi connectivity index (χ1) is 8.28. The molecule has 0 spiro atoms. The van der Waals surface area contributed by atoms with Crippen molar-refractivity contribution in [1.82, 2.24) is 9.80 Å². The number of allylic oxidation sites excluding steroid dienone is 4. The molecule has 1 fully saturated rings. The van der Waals surface area contributed by atoms with Crippen molar-refractivity contribution in [3.05, 3.63) is 35.5 Å². The zero-order chi connectivity index (χ0) is 12.1. The molecule has 0 aromatic rings. The second-order valence-electron chi connectivity index (χ2n) is 4.75. The Bertz CT molecular complexity index is 360.